The van der Waals surface area contributed by atoms with E-state index in [1.165, 1.54) is 12.3 Å². The zero-order chi connectivity index (χ0) is 15.0. The lowest BCUT2D eigenvalue weighted by Gasteiger charge is -2.07. The van der Waals surface area contributed by atoms with Gasteiger partial charge < -0.3 is 15.3 Å². The highest BCUT2D eigenvalue weighted by atomic mass is 35.5. The molecule has 0 radical (unpaired) electrons. The molecular weight excluding hydrogens is 315 g/mol. The molecule has 0 atom stereocenters. The standard InChI is InChI=1S/C13H8Cl2N4O2/c14-8-5-16-11(15)4-7(8)12(20)17-6-1-2-9-10(3-6)19-13(21)18-9/h1-5H,(H,17,20)(H2,18,19,21). The number of nitrogens with zero attached hydrogens (tertiary/aromatic N) is 1. The van der Waals surface area contributed by atoms with E-state index in [-0.39, 0.29) is 21.4 Å². The minimum atomic E-state index is -0.415. The summed E-state index contributed by atoms with van der Waals surface area (Å²) in [5.41, 5.74) is 1.68. The van der Waals surface area contributed by atoms with Crippen LogP contribution in [0.5, 0.6) is 0 Å². The first-order valence-corrected chi connectivity index (χ1v) is 6.63. The Bertz CT molecular complexity index is 901. The van der Waals surface area contributed by atoms with Crippen LogP contribution < -0.4 is 11.0 Å². The van der Waals surface area contributed by atoms with Gasteiger partial charge in [0, 0.05) is 11.9 Å². The van der Waals surface area contributed by atoms with Crippen molar-refractivity contribution in [3.8, 4) is 0 Å². The second kappa shape index (κ2) is 5.23. The Morgan fingerprint density at radius 2 is 1.90 bits per heavy atom. The van der Waals surface area contributed by atoms with Gasteiger partial charge in [0.2, 0.25) is 0 Å². The number of imidazole rings is 1. The third-order valence-electron chi connectivity index (χ3n) is 2.84. The summed E-state index contributed by atoms with van der Waals surface area (Å²) in [5.74, 6) is -0.415. The predicted octanol–water partition coefficient (Wildman–Crippen LogP) is 2.81. The quantitative estimate of drug-likeness (QED) is 0.633. The fraction of sp³-hybridized carbons (Fsp3) is 0. The minimum absolute atomic E-state index is 0.176. The van der Waals surface area contributed by atoms with Crippen molar-refractivity contribution in [1.29, 1.82) is 0 Å². The number of hydrogen-bond acceptors (Lipinski definition) is 3. The molecule has 2 aromatic heterocycles. The highest BCUT2D eigenvalue weighted by Gasteiger charge is 2.12. The number of anilines is 1. The largest absolute Gasteiger partial charge is 0.323 e. The summed E-state index contributed by atoms with van der Waals surface area (Å²) < 4.78 is 0. The molecule has 0 aliphatic carbocycles. The molecule has 0 spiro atoms. The molecule has 2 heterocycles. The number of carbonyl (C=O) groups excluding carboxylic acids is 1. The van der Waals surface area contributed by atoms with E-state index >= 15 is 0 Å². The molecule has 0 aliphatic rings. The summed E-state index contributed by atoms with van der Waals surface area (Å²) >= 11 is 11.7. The van der Waals surface area contributed by atoms with Crippen LogP contribution in [-0.4, -0.2) is 20.9 Å². The number of nitrogens with one attached hydrogen (secondary N) is 3. The zero-order valence-electron chi connectivity index (χ0n) is 10.4. The average Bonchev–Trinajstić information content (AvgIpc) is 2.80. The number of H-pyrrole nitrogens is 2. The van der Waals surface area contributed by atoms with Crippen molar-refractivity contribution in [2.75, 3.05) is 5.32 Å². The summed E-state index contributed by atoms with van der Waals surface area (Å²) in [6, 6.07) is 6.38. The molecule has 3 N–H and O–H groups in total. The minimum Gasteiger partial charge on any atom is -0.322 e. The van der Waals surface area contributed by atoms with Crippen LogP contribution in [0.3, 0.4) is 0 Å². The molecule has 0 saturated heterocycles. The van der Waals surface area contributed by atoms with Crippen molar-refractivity contribution in [1.82, 2.24) is 15.0 Å². The number of fused-ring (bicyclic) bond motifs is 1. The summed E-state index contributed by atoms with van der Waals surface area (Å²) in [6.07, 6.45) is 1.31. The van der Waals surface area contributed by atoms with Gasteiger partial charge in [-0.1, -0.05) is 23.2 Å². The first kappa shape index (κ1) is 13.7. The molecule has 0 aliphatic heterocycles. The van der Waals surface area contributed by atoms with Crippen LogP contribution in [-0.2, 0) is 0 Å². The second-order valence-electron chi connectivity index (χ2n) is 4.28. The highest BCUT2D eigenvalue weighted by molar-refractivity contribution is 6.35. The van der Waals surface area contributed by atoms with Crippen LogP contribution in [0.4, 0.5) is 5.69 Å². The lowest BCUT2D eigenvalue weighted by atomic mass is 10.2. The van der Waals surface area contributed by atoms with Crippen LogP contribution in [0.1, 0.15) is 10.4 Å². The number of carbonyl (C=O) groups is 1. The Morgan fingerprint density at radius 1 is 1.14 bits per heavy atom. The topological polar surface area (TPSA) is 90.6 Å². The van der Waals surface area contributed by atoms with Crippen LogP contribution in [0.15, 0.2) is 35.3 Å². The van der Waals surface area contributed by atoms with Gasteiger partial charge in [0.15, 0.2) is 0 Å². The van der Waals surface area contributed by atoms with Crippen molar-refractivity contribution >= 4 is 45.8 Å². The summed E-state index contributed by atoms with van der Waals surface area (Å²) in [6.45, 7) is 0. The summed E-state index contributed by atoms with van der Waals surface area (Å²) in [5, 5.41) is 3.06. The fourth-order valence-corrected chi connectivity index (χ4v) is 2.24. The van der Waals surface area contributed by atoms with Gasteiger partial charge in [0.05, 0.1) is 21.6 Å². The first-order chi connectivity index (χ1) is 10.0. The van der Waals surface area contributed by atoms with Crippen LogP contribution in [0.25, 0.3) is 11.0 Å². The molecular formula is C13H8Cl2N4O2. The van der Waals surface area contributed by atoms with Crippen molar-refractivity contribution in [3.63, 3.8) is 0 Å². The maximum Gasteiger partial charge on any atom is 0.323 e. The molecule has 3 rings (SSSR count). The molecule has 0 unspecified atom stereocenters. The number of hydrogen-bond donors (Lipinski definition) is 3. The molecule has 0 bridgehead atoms. The van der Waals surface area contributed by atoms with Gasteiger partial charge in [-0.05, 0) is 24.3 Å². The van der Waals surface area contributed by atoms with E-state index in [0.29, 0.717) is 16.7 Å². The normalized spacial score (nSPS) is 10.8. The van der Waals surface area contributed by atoms with E-state index in [2.05, 4.69) is 20.3 Å². The number of aromatic nitrogens is 3. The lowest BCUT2D eigenvalue weighted by Crippen LogP contribution is -2.12. The number of aromatic amines is 2. The number of rotatable bonds is 2. The van der Waals surface area contributed by atoms with Crippen molar-refractivity contribution in [3.05, 3.63) is 56.7 Å². The Kier molecular flexibility index (Phi) is 3.40. The number of amides is 1. The Hall–Kier alpha value is -2.31. The van der Waals surface area contributed by atoms with Crippen LogP contribution >= 0.6 is 23.2 Å². The highest BCUT2D eigenvalue weighted by Crippen LogP contribution is 2.21. The molecule has 0 fully saturated rings. The maximum atomic E-state index is 12.2. The van der Waals surface area contributed by atoms with Gasteiger partial charge in [-0.3, -0.25) is 4.79 Å². The average molecular weight is 323 g/mol. The smallest absolute Gasteiger partial charge is 0.322 e. The van der Waals surface area contributed by atoms with Crippen molar-refractivity contribution < 1.29 is 4.79 Å². The molecule has 6 nitrogen and oxygen atoms in total. The van der Waals surface area contributed by atoms with Crippen molar-refractivity contribution in [2.45, 2.75) is 0 Å². The van der Waals surface area contributed by atoms with E-state index in [0.717, 1.165) is 0 Å². The summed E-state index contributed by atoms with van der Waals surface area (Å²) in [4.78, 5) is 32.4. The van der Waals surface area contributed by atoms with Gasteiger partial charge in [0.25, 0.3) is 5.91 Å². The molecule has 1 aromatic carbocycles. The van der Waals surface area contributed by atoms with Crippen molar-refractivity contribution in [2.24, 2.45) is 0 Å². The van der Waals surface area contributed by atoms with Gasteiger partial charge >= 0.3 is 5.69 Å². The van der Waals surface area contributed by atoms with Gasteiger partial charge in [-0.2, -0.15) is 0 Å². The van der Waals surface area contributed by atoms with E-state index in [1.54, 1.807) is 18.2 Å². The molecule has 3 aromatic rings. The zero-order valence-corrected chi connectivity index (χ0v) is 11.9. The monoisotopic (exact) mass is 322 g/mol. The lowest BCUT2D eigenvalue weighted by molar-refractivity contribution is 0.102. The number of benzene rings is 1. The van der Waals surface area contributed by atoms with Gasteiger partial charge in [-0.25, -0.2) is 9.78 Å². The molecule has 8 heteroatoms. The second-order valence-corrected chi connectivity index (χ2v) is 5.07. The third kappa shape index (κ3) is 2.76. The molecule has 0 saturated carbocycles. The maximum absolute atomic E-state index is 12.2. The molecule has 106 valence electrons. The van der Waals surface area contributed by atoms with Gasteiger partial charge in [-0.15, -0.1) is 0 Å². The predicted molar refractivity (Wildman–Crippen MR) is 81.1 cm³/mol. The van der Waals surface area contributed by atoms with Crippen LogP contribution in [0.2, 0.25) is 10.2 Å². The molecule has 21 heavy (non-hydrogen) atoms. The Balaban J connectivity index is 1.92. The number of halogens is 2. The van der Waals surface area contributed by atoms with E-state index in [4.69, 9.17) is 23.2 Å². The SMILES string of the molecule is O=C(Nc1ccc2[nH]c(=O)[nH]c2c1)c1cc(Cl)ncc1Cl. The molecule has 1 amide bonds. The van der Waals surface area contributed by atoms with E-state index < -0.39 is 5.91 Å². The Labute approximate surface area is 128 Å². The summed E-state index contributed by atoms with van der Waals surface area (Å²) in [7, 11) is 0. The third-order valence-corrected chi connectivity index (χ3v) is 3.35. The van der Waals surface area contributed by atoms with Crippen LogP contribution in [0, 0.1) is 0 Å². The number of pyridine rings is 1. The Morgan fingerprint density at radius 3 is 2.71 bits per heavy atom. The fourth-order valence-electron chi connectivity index (χ4n) is 1.90. The first-order valence-electron chi connectivity index (χ1n) is 5.87. The van der Waals surface area contributed by atoms with Gasteiger partial charge in [0.1, 0.15) is 5.15 Å². The van der Waals surface area contributed by atoms with E-state index in [9.17, 15) is 9.59 Å². The van der Waals surface area contributed by atoms with E-state index in [1.807, 2.05) is 0 Å².